The number of hydrogen-bond acceptors (Lipinski definition) is 5. The number of ketones is 1. The van der Waals surface area contributed by atoms with Crippen molar-refractivity contribution in [1.29, 1.82) is 0 Å². The first-order valence-electron chi connectivity index (χ1n) is 14.5. The number of benzene rings is 2. The number of unbranched alkanes of at least 4 members (excludes halogenated alkanes) is 2. The summed E-state index contributed by atoms with van der Waals surface area (Å²) in [6.07, 6.45) is 6.79. The molecule has 0 spiro atoms. The van der Waals surface area contributed by atoms with Gasteiger partial charge in [0.15, 0.2) is 5.75 Å². The molecule has 0 aliphatic heterocycles. The van der Waals surface area contributed by atoms with Crippen LogP contribution in [0.25, 0.3) is 16.6 Å². The lowest BCUT2D eigenvalue weighted by molar-refractivity contribution is -0.116. The summed E-state index contributed by atoms with van der Waals surface area (Å²) in [5.41, 5.74) is 3.93. The van der Waals surface area contributed by atoms with E-state index in [1.165, 1.54) is 0 Å². The molecule has 1 N–H and O–H groups in total. The van der Waals surface area contributed by atoms with Crippen LogP contribution in [0, 0.1) is 0 Å². The molecule has 2 aromatic carbocycles. The van der Waals surface area contributed by atoms with E-state index in [1.54, 1.807) is 32.4 Å². The number of carbonyl (C=O) groups excluding carboxylic acids is 2. The number of halogens is 1. The zero-order valence-electron chi connectivity index (χ0n) is 25.0. The number of aromatic nitrogens is 1. The van der Waals surface area contributed by atoms with Gasteiger partial charge in [0.2, 0.25) is 11.7 Å². The highest BCUT2D eigenvalue weighted by Gasteiger charge is 2.26. The van der Waals surface area contributed by atoms with Crippen LogP contribution in [-0.2, 0) is 4.79 Å². The standard InChI is InChI=1S/C34H41N3O4.ClH/c1-5-7-20-36(21-8-6-2)23-19-30(38)35-27-18-17-26(24-29(27)40-3)33(39)32-31(25-14-10-9-11-15-25)34(41-4)28-16-12-13-22-37(28)32;/h9-18,22,24H,5-8,19-21,23H2,1-4H3,(H,35,38);1H. The van der Waals surface area contributed by atoms with E-state index in [-0.39, 0.29) is 24.1 Å². The number of rotatable bonds is 15. The van der Waals surface area contributed by atoms with Crippen LogP contribution in [-0.4, -0.2) is 54.8 Å². The fraction of sp³-hybridized carbons (Fsp3) is 0.353. The third kappa shape index (κ3) is 7.52. The van der Waals surface area contributed by atoms with E-state index in [1.807, 2.05) is 59.1 Å². The number of hydrogen-bond donors (Lipinski definition) is 1. The van der Waals surface area contributed by atoms with Crippen molar-refractivity contribution in [1.82, 2.24) is 9.30 Å². The van der Waals surface area contributed by atoms with Crippen molar-refractivity contribution in [2.45, 2.75) is 46.0 Å². The summed E-state index contributed by atoms with van der Waals surface area (Å²) < 4.78 is 13.3. The summed E-state index contributed by atoms with van der Waals surface area (Å²) in [5.74, 6) is 0.830. The molecule has 42 heavy (non-hydrogen) atoms. The van der Waals surface area contributed by atoms with Gasteiger partial charge in [-0.15, -0.1) is 12.4 Å². The molecule has 0 aliphatic carbocycles. The van der Waals surface area contributed by atoms with Gasteiger partial charge in [-0.2, -0.15) is 0 Å². The van der Waals surface area contributed by atoms with E-state index < -0.39 is 0 Å². The van der Waals surface area contributed by atoms with Gasteiger partial charge in [-0.1, -0.05) is 63.1 Å². The topological polar surface area (TPSA) is 72.3 Å². The predicted octanol–water partition coefficient (Wildman–Crippen LogP) is 7.51. The van der Waals surface area contributed by atoms with Crippen LogP contribution in [0.2, 0.25) is 0 Å². The minimum Gasteiger partial charge on any atom is -0.495 e. The molecule has 1 amide bonds. The Bertz CT molecular complexity index is 1460. The van der Waals surface area contributed by atoms with Crippen LogP contribution in [0.4, 0.5) is 5.69 Å². The monoisotopic (exact) mass is 591 g/mol. The maximum atomic E-state index is 14.1. The van der Waals surface area contributed by atoms with Crippen molar-refractivity contribution < 1.29 is 19.1 Å². The number of fused-ring (bicyclic) bond motifs is 1. The minimum atomic E-state index is -0.174. The Morgan fingerprint density at radius 3 is 2.19 bits per heavy atom. The number of nitrogens with one attached hydrogen (secondary N) is 1. The van der Waals surface area contributed by atoms with Gasteiger partial charge >= 0.3 is 0 Å². The zero-order chi connectivity index (χ0) is 29.2. The van der Waals surface area contributed by atoms with Crippen LogP contribution in [0.15, 0.2) is 72.9 Å². The number of pyridine rings is 1. The number of nitrogens with zero attached hydrogens (tertiary/aromatic N) is 2. The minimum absolute atomic E-state index is 0. The molecule has 4 aromatic rings. The zero-order valence-corrected chi connectivity index (χ0v) is 25.8. The second kappa shape index (κ2) is 16.0. The van der Waals surface area contributed by atoms with E-state index in [0.717, 1.165) is 62.0 Å². The average molecular weight is 592 g/mol. The van der Waals surface area contributed by atoms with Crippen molar-refractivity contribution in [2.75, 3.05) is 39.2 Å². The van der Waals surface area contributed by atoms with Gasteiger partial charge in [0.05, 0.1) is 31.0 Å². The smallest absolute Gasteiger partial charge is 0.225 e. The lowest BCUT2D eigenvalue weighted by Crippen LogP contribution is -2.30. The van der Waals surface area contributed by atoms with Crippen molar-refractivity contribution in [3.8, 4) is 22.6 Å². The Labute approximate surface area is 255 Å². The molecule has 7 nitrogen and oxygen atoms in total. The van der Waals surface area contributed by atoms with Gasteiger partial charge < -0.3 is 24.1 Å². The molecule has 224 valence electrons. The fourth-order valence-corrected chi connectivity index (χ4v) is 5.13. The number of methoxy groups -OCH3 is 2. The number of carbonyl (C=O) groups is 2. The molecule has 0 atom stereocenters. The third-order valence-electron chi connectivity index (χ3n) is 7.33. The number of anilines is 1. The van der Waals surface area contributed by atoms with E-state index in [2.05, 4.69) is 24.1 Å². The van der Waals surface area contributed by atoms with Gasteiger partial charge in [0.1, 0.15) is 11.4 Å². The van der Waals surface area contributed by atoms with Crippen LogP contribution in [0.3, 0.4) is 0 Å². The molecule has 2 heterocycles. The van der Waals surface area contributed by atoms with Crippen LogP contribution >= 0.6 is 12.4 Å². The number of ether oxygens (including phenoxy) is 2. The largest absolute Gasteiger partial charge is 0.495 e. The highest BCUT2D eigenvalue weighted by molar-refractivity contribution is 6.15. The predicted molar refractivity (Wildman–Crippen MR) is 173 cm³/mol. The summed E-state index contributed by atoms with van der Waals surface area (Å²) in [4.78, 5) is 29.4. The molecule has 8 heteroatoms. The van der Waals surface area contributed by atoms with Gasteiger partial charge in [0, 0.05) is 24.7 Å². The van der Waals surface area contributed by atoms with E-state index in [4.69, 9.17) is 9.47 Å². The molecular formula is C34H42ClN3O4. The summed E-state index contributed by atoms with van der Waals surface area (Å²) in [5, 5.41) is 2.99. The first-order chi connectivity index (χ1) is 20.0. The Morgan fingerprint density at radius 1 is 0.857 bits per heavy atom. The van der Waals surface area contributed by atoms with Crippen molar-refractivity contribution in [3.05, 3.63) is 84.2 Å². The first kappa shape index (κ1) is 32.7. The second-order valence-electron chi connectivity index (χ2n) is 10.2. The summed E-state index contributed by atoms with van der Waals surface area (Å²) >= 11 is 0. The molecule has 0 fully saturated rings. The van der Waals surface area contributed by atoms with Crippen molar-refractivity contribution in [2.24, 2.45) is 0 Å². The Hall–Kier alpha value is -3.81. The van der Waals surface area contributed by atoms with Crippen LogP contribution in [0.5, 0.6) is 11.5 Å². The van der Waals surface area contributed by atoms with E-state index in [9.17, 15) is 9.59 Å². The van der Waals surface area contributed by atoms with Crippen LogP contribution < -0.4 is 14.8 Å². The highest BCUT2D eigenvalue weighted by atomic mass is 35.5. The highest BCUT2D eigenvalue weighted by Crippen LogP contribution is 2.40. The van der Waals surface area contributed by atoms with Gasteiger partial charge in [0.25, 0.3) is 0 Å². The van der Waals surface area contributed by atoms with Gasteiger partial charge in [-0.25, -0.2) is 0 Å². The van der Waals surface area contributed by atoms with Crippen molar-refractivity contribution >= 4 is 35.3 Å². The molecule has 4 rings (SSSR count). The summed E-state index contributed by atoms with van der Waals surface area (Å²) in [7, 11) is 3.16. The van der Waals surface area contributed by atoms with Gasteiger partial charge in [-0.05, 0) is 61.8 Å². The normalized spacial score (nSPS) is 10.9. The lowest BCUT2D eigenvalue weighted by atomic mass is 9.99. The third-order valence-corrected chi connectivity index (χ3v) is 7.33. The molecular weight excluding hydrogens is 550 g/mol. The summed E-state index contributed by atoms with van der Waals surface area (Å²) in [6, 6.07) is 20.7. The van der Waals surface area contributed by atoms with E-state index in [0.29, 0.717) is 34.9 Å². The molecule has 0 unspecified atom stereocenters. The molecule has 0 saturated heterocycles. The first-order valence-corrected chi connectivity index (χ1v) is 14.5. The lowest BCUT2D eigenvalue weighted by Gasteiger charge is -2.21. The maximum absolute atomic E-state index is 14.1. The Kier molecular flexibility index (Phi) is 12.5. The molecule has 0 aliphatic rings. The summed E-state index contributed by atoms with van der Waals surface area (Å²) in [6.45, 7) is 7.10. The Morgan fingerprint density at radius 2 is 1.55 bits per heavy atom. The van der Waals surface area contributed by atoms with Gasteiger partial charge in [-0.3, -0.25) is 9.59 Å². The average Bonchev–Trinajstić information content (AvgIpc) is 3.35. The number of amides is 1. The molecule has 2 aromatic heterocycles. The fourth-order valence-electron chi connectivity index (χ4n) is 5.13. The molecule has 0 saturated carbocycles. The maximum Gasteiger partial charge on any atom is 0.225 e. The SMILES string of the molecule is CCCCN(CCCC)CCC(=O)Nc1ccc(C(=O)c2c(-c3ccccc3)c(OC)c3ccccn23)cc1OC.Cl. The van der Waals surface area contributed by atoms with E-state index >= 15 is 0 Å². The molecule has 0 bridgehead atoms. The molecule has 0 radical (unpaired) electrons. The second-order valence-corrected chi connectivity index (χ2v) is 10.2. The quantitative estimate of drug-likeness (QED) is 0.145. The van der Waals surface area contributed by atoms with Crippen molar-refractivity contribution in [3.63, 3.8) is 0 Å². The Balaban J connectivity index is 0.00000484. The van der Waals surface area contributed by atoms with Crippen LogP contribution in [0.1, 0.15) is 62.0 Å².